The van der Waals surface area contributed by atoms with Gasteiger partial charge in [-0.15, -0.1) is 0 Å². The first kappa shape index (κ1) is 14.2. The third-order valence-corrected chi connectivity index (χ3v) is 3.66. The normalized spacial score (nSPS) is 20.5. The average Bonchev–Trinajstić information content (AvgIpc) is 2.41. The molecule has 1 aliphatic rings. The van der Waals surface area contributed by atoms with E-state index in [1.165, 1.54) is 0 Å². The van der Waals surface area contributed by atoms with Crippen molar-refractivity contribution in [2.24, 2.45) is 0 Å². The monoisotopic (exact) mass is 264 g/mol. The van der Waals surface area contributed by atoms with Crippen molar-refractivity contribution in [1.29, 1.82) is 0 Å². The molecule has 1 unspecified atom stereocenters. The standard InChI is InChI=1S/C15H24N2O2/c1-4-17-5-6-18-13(9-17)10-19-15-8-14(16)11(2)7-12(15)3/h7-8,13H,4-6,9-10,16H2,1-3H3. The van der Waals surface area contributed by atoms with Crippen LogP contribution in [0.1, 0.15) is 18.1 Å². The first-order valence-electron chi connectivity index (χ1n) is 6.93. The summed E-state index contributed by atoms with van der Waals surface area (Å²) in [6.07, 6.45) is 0.149. The molecule has 0 bridgehead atoms. The Balaban J connectivity index is 1.93. The SMILES string of the molecule is CCN1CCOC(COc2cc(N)c(C)cc2C)C1. The number of nitrogens with zero attached hydrogens (tertiary/aromatic N) is 1. The Labute approximate surface area is 115 Å². The summed E-state index contributed by atoms with van der Waals surface area (Å²) in [5.74, 6) is 0.861. The molecule has 0 amide bonds. The smallest absolute Gasteiger partial charge is 0.124 e. The minimum Gasteiger partial charge on any atom is -0.490 e. The maximum absolute atomic E-state index is 5.92. The highest BCUT2D eigenvalue weighted by atomic mass is 16.5. The van der Waals surface area contributed by atoms with Gasteiger partial charge in [-0.05, 0) is 31.5 Å². The lowest BCUT2D eigenvalue weighted by atomic mass is 10.1. The predicted molar refractivity (Wildman–Crippen MR) is 77.7 cm³/mol. The molecule has 0 spiro atoms. The third-order valence-electron chi connectivity index (χ3n) is 3.66. The maximum atomic E-state index is 5.92. The molecular weight excluding hydrogens is 240 g/mol. The fourth-order valence-electron chi connectivity index (χ4n) is 2.35. The van der Waals surface area contributed by atoms with E-state index in [-0.39, 0.29) is 6.10 Å². The van der Waals surface area contributed by atoms with E-state index in [4.69, 9.17) is 15.2 Å². The molecule has 1 atom stereocenters. The van der Waals surface area contributed by atoms with Gasteiger partial charge in [-0.2, -0.15) is 0 Å². The van der Waals surface area contributed by atoms with Gasteiger partial charge in [0.05, 0.1) is 6.61 Å². The molecule has 0 radical (unpaired) electrons. The second-order valence-corrected chi connectivity index (χ2v) is 5.17. The van der Waals surface area contributed by atoms with Crippen LogP contribution in [-0.4, -0.2) is 43.9 Å². The van der Waals surface area contributed by atoms with Gasteiger partial charge in [-0.25, -0.2) is 0 Å². The largest absolute Gasteiger partial charge is 0.490 e. The summed E-state index contributed by atoms with van der Waals surface area (Å²) in [6.45, 7) is 10.6. The molecule has 106 valence electrons. The van der Waals surface area contributed by atoms with Gasteiger partial charge in [0.1, 0.15) is 18.5 Å². The van der Waals surface area contributed by atoms with Crippen molar-refractivity contribution in [2.75, 3.05) is 38.6 Å². The molecule has 0 saturated carbocycles. The van der Waals surface area contributed by atoms with Crippen molar-refractivity contribution >= 4 is 5.69 Å². The van der Waals surface area contributed by atoms with Crippen LogP contribution in [0.2, 0.25) is 0 Å². The van der Waals surface area contributed by atoms with Gasteiger partial charge in [-0.1, -0.05) is 13.0 Å². The summed E-state index contributed by atoms with van der Waals surface area (Å²) in [7, 11) is 0. The number of morpholine rings is 1. The van der Waals surface area contributed by atoms with Gasteiger partial charge in [-0.3, -0.25) is 4.90 Å². The Bertz CT molecular complexity index is 434. The second kappa shape index (κ2) is 6.26. The molecule has 2 N–H and O–H groups in total. The van der Waals surface area contributed by atoms with Crippen LogP contribution in [0, 0.1) is 13.8 Å². The van der Waals surface area contributed by atoms with E-state index in [1.807, 2.05) is 19.9 Å². The zero-order valence-electron chi connectivity index (χ0n) is 12.1. The zero-order chi connectivity index (χ0) is 13.8. The van der Waals surface area contributed by atoms with Crippen LogP contribution >= 0.6 is 0 Å². The predicted octanol–water partition coefficient (Wildman–Crippen LogP) is 1.99. The Morgan fingerprint density at radius 2 is 2.16 bits per heavy atom. The molecule has 1 fully saturated rings. The minimum atomic E-state index is 0.149. The van der Waals surface area contributed by atoms with E-state index in [0.717, 1.165) is 48.8 Å². The summed E-state index contributed by atoms with van der Waals surface area (Å²) in [6, 6.07) is 3.97. The van der Waals surface area contributed by atoms with Crippen molar-refractivity contribution in [3.8, 4) is 5.75 Å². The van der Waals surface area contributed by atoms with Crippen molar-refractivity contribution < 1.29 is 9.47 Å². The number of likely N-dealkylation sites (N-methyl/N-ethyl adjacent to an activating group) is 1. The quantitative estimate of drug-likeness (QED) is 0.845. The van der Waals surface area contributed by atoms with Crippen molar-refractivity contribution in [2.45, 2.75) is 26.9 Å². The fourth-order valence-corrected chi connectivity index (χ4v) is 2.35. The van der Waals surface area contributed by atoms with E-state index in [9.17, 15) is 0 Å². The van der Waals surface area contributed by atoms with Crippen molar-refractivity contribution in [3.05, 3.63) is 23.3 Å². The van der Waals surface area contributed by atoms with Crippen LogP contribution in [0.25, 0.3) is 0 Å². The zero-order valence-corrected chi connectivity index (χ0v) is 12.1. The van der Waals surface area contributed by atoms with Gasteiger partial charge in [0.15, 0.2) is 0 Å². The lowest BCUT2D eigenvalue weighted by molar-refractivity contribution is -0.0464. The van der Waals surface area contributed by atoms with E-state index in [1.54, 1.807) is 0 Å². The summed E-state index contributed by atoms with van der Waals surface area (Å²) >= 11 is 0. The second-order valence-electron chi connectivity index (χ2n) is 5.17. The first-order valence-corrected chi connectivity index (χ1v) is 6.93. The van der Waals surface area contributed by atoms with E-state index in [2.05, 4.69) is 17.9 Å². The number of ether oxygens (including phenoxy) is 2. The van der Waals surface area contributed by atoms with Crippen LogP contribution in [-0.2, 0) is 4.74 Å². The lowest BCUT2D eigenvalue weighted by Gasteiger charge is -2.32. The van der Waals surface area contributed by atoms with Gasteiger partial charge in [0, 0.05) is 24.8 Å². The van der Waals surface area contributed by atoms with Crippen LogP contribution in [0.3, 0.4) is 0 Å². The van der Waals surface area contributed by atoms with Gasteiger partial charge in [0.2, 0.25) is 0 Å². The third kappa shape index (κ3) is 3.61. The van der Waals surface area contributed by atoms with E-state index < -0.39 is 0 Å². The Morgan fingerprint density at radius 3 is 2.89 bits per heavy atom. The molecule has 1 heterocycles. The van der Waals surface area contributed by atoms with E-state index in [0.29, 0.717) is 6.61 Å². The van der Waals surface area contributed by atoms with Crippen molar-refractivity contribution in [3.63, 3.8) is 0 Å². The highest BCUT2D eigenvalue weighted by molar-refractivity contribution is 5.54. The molecule has 4 heteroatoms. The van der Waals surface area contributed by atoms with Crippen molar-refractivity contribution in [1.82, 2.24) is 4.90 Å². The minimum absolute atomic E-state index is 0.149. The highest BCUT2D eigenvalue weighted by Gasteiger charge is 2.20. The fraction of sp³-hybridized carbons (Fsp3) is 0.600. The maximum Gasteiger partial charge on any atom is 0.124 e. The number of aryl methyl sites for hydroxylation is 2. The molecule has 0 aromatic heterocycles. The average molecular weight is 264 g/mol. The molecule has 19 heavy (non-hydrogen) atoms. The van der Waals surface area contributed by atoms with Crippen LogP contribution in [0.5, 0.6) is 5.75 Å². The Hall–Kier alpha value is -1.26. The number of rotatable bonds is 4. The van der Waals surface area contributed by atoms with E-state index >= 15 is 0 Å². The Kier molecular flexibility index (Phi) is 4.66. The molecule has 4 nitrogen and oxygen atoms in total. The number of hydrogen-bond acceptors (Lipinski definition) is 4. The molecule has 1 aromatic carbocycles. The number of anilines is 1. The molecule has 1 aromatic rings. The number of nitrogens with two attached hydrogens (primary N) is 1. The van der Waals surface area contributed by atoms with Gasteiger partial charge in [0.25, 0.3) is 0 Å². The number of benzene rings is 1. The summed E-state index contributed by atoms with van der Waals surface area (Å²) in [5.41, 5.74) is 8.91. The molecule has 1 saturated heterocycles. The van der Waals surface area contributed by atoms with Gasteiger partial charge >= 0.3 is 0 Å². The van der Waals surface area contributed by atoms with Crippen LogP contribution in [0.15, 0.2) is 12.1 Å². The number of nitrogen functional groups attached to an aromatic ring is 1. The lowest BCUT2D eigenvalue weighted by Crippen LogP contribution is -2.44. The summed E-state index contributed by atoms with van der Waals surface area (Å²) < 4.78 is 11.6. The summed E-state index contributed by atoms with van der Waals surface area (Å²) in [4.78, 5) is 2.38. The summed E-state index contributed by atoms with van der Waals surface area (Å²) in [5, 5.41) is 0. The molecule has 2 rings (SSSR count). The molecular formula is C15H24N2O2. The first-order chi connectivity index (χ1) is 9.10. The number of hydrogen-bond donors (Lipinski definition) is 1. The van der Waals surface area contributed by atoms with Crippen LogP contribution in [0.4, 0.5) is 5.69 Å². The Morgan fingerprint density at radius 1 is 1.37 bits per heavy atom. The van der Waals surface area contributed by atoms with Crippen LogP contribution < -0.4 is 10.5 Å². The molecule has 1 aliphatic heterocycles. The highest BCUT2D eigenvalue weighted by Crippen LogP contribution is 2.24. The molecule has 0 aliphatic carbocycles. The van der Waals surface area contributed by atoms with Gasteiger partial charge < -0.3 is 15.2 Å². The topological polar surface area (TPSA) is 47.7 Å².